The lowest BCUT2D eigenvalue weighted by molar-refractivity contribution is 0.327. The highest BCUT2D eigenvalue weighted by atomic mass is 79.9. The monoisotopic (exact) mass is 241 g/mol. The number of nitrogens with zero attached hydrogens (tertiary/aromatic N) is 1. The number of hydrogen-bond acceptors (Lipinski definition) is 1. The molecule has 0 saturated heterocycles. The smallest absolute Gasteiger partial charge is 0.251 e. The molecule has 0 bridgehead atoms. The van der Waals surface area contributed by atoms with Crippen LogP contribution in [0.2, 0.25) is 19.4 Å². The SMILES string of the molecule is CB(Br)C1C=CN(C(C)(C)C)B1C. The molecule has 0 N–H and O–H groups in total. The summed E-state index contributed by atoms with van der Waals surface area (Å²) < 4.78 is 0. The third-order valence-electron chi connectivity index (χ3n) is 2.77. The van der Waals surface area contributed by atoms with Crippen LogP contribution in [0.4, 0.5) is 0 Å². The van der Waals surface area contributed by atoms with Gasteiger partial charge in [-0.25, -0.2) is 0 Å². The summed E-state index contributed by atoms with van der Waals surface area (Å²) in [4.78, 5) is 2.44. The first kappa shape index (κ1) is 11.2. The number of halogens is 1. The fourth-order valence-corrected chi connectivity index (χ4v) is 2.66. The van der Waals surface area contributed by atoms with E-state index in [1.165, 1.54) is 0 Å². The fourth-order valence-electron chi connectivity index (χ4n) is 2.05. The Balaban J connectivity index is 2.72. The Hall–Kier alpha value is 0.150. The lowest BCUT2D eigenvalue weighted by atomic mass is 9.39. The maximum atomic E-state index is 3.66. The average Bonchev–Trinajstić information content (AvgIpc) is 2.28. The van der Waals surface area contributed by atoms with Crippen LogP contribution in [0.5, 0.6) is 0 Å². The van der Waals surface area contributed by atoms with Crippen LogP contribution in [0.25, 0.3) is 0 Å². The first-order valence-corrected chi connectivity index (χ1v) is 5.86. The van der Waals surface area contributed by atoms with Gasteiger partial charge in [-0.15, -0.1) is 0 Å². The van der Waals surface area contributed by atoms with Gasteiger partial charge in [0.05, 0.1) is 0 Å². The van der Waals surface area contributed by atoms with Crippen LogP contribution in [-0.2, 0) is 0 Å². The van der Waals surface area contributed by atoms with E-state index in [0.717, 1.165) is 0 Å². The van der Waals surface area contributed by atoms with Gasteiger partial charge in [-0.3, -0.25) is 0 Å². The highest BCUT2D eigenvalue weighted by Gasteiger charge is 2.37. The van der Waals surface area contributed by atoms with Gasteiger partial charge in [-0.2, -0.15) is 15.8 Å². The quantitative estimate of drug-likeness (QED) is 0.638. The molecule has 0 aromatic carbocycles. The van der Waals surface area contributed by atoms with Crippen LogP contribution in [-0.4, -0.2) is 22.7 Å². The second-order valence-electron chi connectivity index (χ2n) is 4.92. The normalized spacial score (nSPS) is 22.8. The van der Waals surface area contributed by atoms with Crippen molar-refractivity contribution < 1.29 is 0 Å². The van der Waals surface area contributed by atoms with Crippen molar-refractivity contribution in [2.75, 3.05) is 0 Å². The number of hydrogen-bond donors (Lipinski definition) is 0. The van der Waals surface area contributed by atoms with Gasteiger partial charge < -0.3 is 4.81 Å². The van der Waals surface area contributed by atoms with Crippen molar-refractivity contribution in [2.45, 2.75) is 45.7 Å². The van der Waals surface area contributed by atoms with Gasteiger partial charge >= 0.3 is 0 Å². The Labute approximate surface area is 91.1 Å². The van der Waals surface area contributed by atoms with Gasteiger partial charge in [-0.1, -0.05) is 19.7 Å². The minimum Gasteiger partial charge on any atom is -0.417 e. The van der Waals surface area contributed by atoms with E-state index in [1.54, 1.807) is 0 Å². The molecular formula is C9H18B2BrN. The highest BCUT2D eigenvalue weighted by molar-refractivity contribution is 9.24. The lowest BCUT2D eigenvalue weighted by Crippen LogP contribution is -2.46. The standard InChI is InChI=1S/C9H18B2BrN/c1-9(2,3)13-7-6-8(10(4)12)11(13)5/h6-8H,1-5H3. The molecule has 1 nitrogen and oxygen atoms in total. The van der Waals surface area contributed by atoms with Crippen LogP contribution in [0, 0.1) is 0 Å². The Bertz CT molecular complexity index is 210. The number of allylic oxidation sites excluding steroid dienone is 1. The molecule has 72 valence electrons. The molecule has 13 heavy (non-hydrogen) atoms. The van der Waals surface area contributed by atoms with Crippen LogP contribution in [0.3, 0.4) is 0 Å². The molecular weight excluding hydrogens is 224 g/mol. The average molecular weight is 242 g/mol. The third kappa shape index (κ3) is 2.34. The van der Waals surface area contributed by atoms with Crippen molar-refractivity contribution in [1.29, 1.82) is 0 Å². The molecule has 1 heterocycles. The molecule has 0 saturated carbocycles. The maximum absolute atomic E-state index is 3.66. The first-order chi connectivity index (χ1) is 5.84. The Kier molecular flexibility index (Phi) is 3.21. The van der Waals surface area contributed by atoms with E-state index in [9.17, 15) is 0 Å². The second-order valence-corrected chi connectivity index (χ2v) is 6.36. The van der Waals surface area contributed by atoms with Crippen LogP contribution >= 0.6 is 15.8 Å². The summed E-state index contributed by atoms with van der Waals surface area (Å²) in [6.07, 6.45) is 4.56. The van der Waals surface area contributed by atoms with Crippen molar-refractivity contribution in [3.05, 3.63) is 12.3 Å². The topological polar surface area (TPSA) is 3.24 Å². The molecule has 0 radical (unpaired) electrons. The molecule has 4 heteroatoms. The third-order valence-corrected chi connectivity index (χ3v) is 3.38. The van der Waals surface area contributed by atoms with Crippen LogP contribution < -0.4 is 0 Å². The van der Waals surface area contributed by atoms with Crippen LogP contribution in [0.15, 0.2) is 12.3 Å². The summed E-state index contributed by atoms with van der Waals surface area (Å²) in [6.45, 7) is 11.9. The van der Waals surface area contributed by atoms with Gasteiger partial charge in [0, 0.05) is 5.54 Å². The second kappa shape index (κ2) is 3.72. The van der Waals surface area contributed by atoms with Gasteiger partial charge in [0.2, 0.25) is 5.54 Å². The van der Waals surface area contributed by atoms with Crippen molar-refractivity contribution in [1.82, 2.24) is 4.81 Å². The van der Waals surface area contributed by atoms with Crippen molar-refractivity contribution in [3.8, 4) is 0 Å². The van der Waals surface area contributed by atoms with Gasteiger partial charge in [0.25, 0.3) is 6.85 Å². The molecule has 1 aliphatic rings. The summed E-state index contributed by atoms with van der Waals surface area (Å²) in [5.74, 6) is 0. The molecule has 0 fully saturated rings. The lowest BCUT2D eigenvalue weighted by Gasteiger charge is -2.37. The zero-order valence-corrected chi connectivity index (χ0v) is 10.8. The molecule has 0 spiro atoms. The molecule has 0 amide bonds. The summed E-state index contributed by atoms with van der Waals surface area (Å²) in [5, 5.41) is 0. The predicted molar refractivity (Wildman–Crippen MR) is 66.6 cm³/mol. The molecule has 1 atom stereocenters. The molecule has 1 aliphatic heterocycles. The summed E-state index contributed by atoms with van der Waals surface area (Å²) in [5.41, 5.74) is 1.44. The van der Waals surface area contributed by atoms with E-state index < -0.39 is 0 Å². The Morgan fingerprint density at radius 2 is 2.00 bits per heavy atom. The Morgan fingerprint density at radius 3 is 2.23 bits per heavy atom. The predicted octanol–water partition coefficient (Wildman–Crippen LogP) is 3.16. The molecule has 0 aromatic heterocycles. The van der Waals surface area contributed by atoms with Crippen molar-refractivity contribution >= 4 is 28.1 Å². The summed E-state index contributed by atoms with van der Waals surface area (Å²) >= 11 is 3.66. The first-order valence-electron chi connectivity index (χ1n) is 4.95. The van der Waals surface area contributed by atoms with E-state index >= 15 is 0 Å². The van der Waals surface area contributed by atoms with Crippen molar-refractivity contribution in [3.63, 3.8) is 0 Å². The van der Waals surface area contributed by atoms with E-state index in [2.05, 4.69) is 67.3 Å². The summed E-state index contributed by atoms with van der Waals surface area (Å²) in [7, 11) is 0. The highest BCUT2D eigenvalue weighted by Crippen LogP contribution is 2.32. The molecule has 1 unspecified atom stereocenters. The fraction of sp³-hybridized carbons (Fsp3) is 0.778. The van der Waals surface area contributed by atoms with E-state index in [-0.39, 0.29) is 5.54 Å². The van der Waals surface area contributed by atoms with Crippen LogP contribution in [0.1, 0.15) is 20.8 Å². The van der Waals surface area contributed by atoms with E-state index in [4.69, 9.17) is 0 Å². The maximum Gasteiger partial charge on any atom is 0.251 e. The molecule has 0 aromatic rings. The van der Waals surface area contributed by atoms with Crippen molar-refractivity contribution in [2.24, 2.45) is 0 Å². The minimum absolute atomic E-state index is 0.243. The van der Waals surface area contributed by atoms with Gasteiger partial charge in [0.1, 0.15) is 0 Å². The largest absolute Gasteiger partial charge is 0.417 e. The van der Waals surface area contributed by atoms with Gasteiger partial charge in [0.15, 0.2) is 0 Å². The number of rotatable bonds is 1. The zero-order chi connectivity index (χ0) is 10.2. The molecule has 1 rings (SSSR count). The van der Waals surface area contributed by atoms with E-state index in [0.29, 0.717) is 18.1 Å². The Morgan fingerprint density at radius 1 is 1.46 bits per heavy atom. The summed E-state index contributed by atoms with van der Waals surface area (Å²) in [6, 6.07) is 0. The molecule has 0 aliphatic carbocycles. The van der Waals surface area contributed by atoms with E-state index in [1.807, 2.05) is 0 Å². The zero-order valence-electron chi connectivity index (χ0n) is 9.21. The van der Waals surface area contributed by atoms with Gasteiger partial charge in [-0.05, 0) is 32.7 Å². The minimum atomic E-state index is 0.243.